The molecule has 1 unspecified atom stereocenters. The summed E-state index contributed by atoms with van der Waals surface area (Å²) in [6.07, 6.45) is 0.204. The van der Waals surface area contributed by atoms with Crippen molar-refractivity contribution in [2.45, 2.75) is 33.0 Å². The lowest BCUT2D eigenvalue weighted by atomic mass is 10.1. The molecule has 2 fully saturated rings. The van der Waals surface area contributed by atoms with E-state index in [1.165, 1.54) is 11.1 Å². The molecule has 2 aliphatic rings. The molecule has 0 spiro atoms. The first-order valence-electron chi connectivity index (χ1n) is 11.3. The molecule has 1 aromatic rings. The third-order valence-electron chi connectivity index (χ3n) is 5.56. The number of ether oxygens (including phenoxy) is 2. The van der Waals surface area contributed by atoms with E-state index >= 15 is 0 Å². The molecule has 0 saturated carbocycles. The van der Waals surface area contributed by atoms with Crippen LogP contribution >= 0.6 is 24.0 Å². The fourth-order valence-corrected chi connectivity index (χ4v) is 3.98. The monoisotopic (exact) mass is 545 g/mol. The molecular weight excluding hydrogens is 505 g/mol. The molecule has 0 bridgehead atoms. The van der Waals surface area contributed by atoms with Crippen LogP contribution in [0.15, 0.2) is 29.3 Å². The van der Waals surface area contributed by atoms with Crippen molar-refractivity contribution in [1.82, 2.24) is 20.4 Å². The highest BCUT2D eigenvalue weighted by Gasteiger charge is 2.21. The standard InChI is InChI=1S/C23H39N5O2.HI/c1-19(2)16-28-10-13-30-22(18-28)15-26-23(24-3)25-14-20-4-6-21(7-5-20)17-27-8-11-29-12-9-27;/h4-7,19,22H,8-18H2,1-3H3,(H2,24,25,26);1H. The number of rotatable bonds is 8. The lowest BCUT2D eigenvalue weighted by molar-refractivity contribution is -0.0284. The number of hydrogen-bond donors (Lipinski definition) is 2. The largest absolute Gasteiger partial charge is 0.379 e. The van der Waals surface area contributed by atoms with Gasteiger partial charge in [0.05, 0.1) is 25.9 Å². The van der Waals surface area contributed by atoms with Gasteiger partial charge in [0.15, 0.2) is 5.96 Å². The van der Waals surface area contributed by atoms with Crippen LogP contribution in [-0.2, 0) is 22.6 Å². The van der Waals surface area contributed by atoms with Crippen LogP contribution in [0.1, 0.15) is 25.0 Å². The van der Waals surface area contributed by atoms with E-state index in [9.17, 15) is 0 Å². The van der Waals surface area contributed by atoms with Crippen LogP contribution in [0.25, 0.3) is 0 Å². The van der Waals surface area contributed by atoms with Gasteiger partial charge >= 0.3 is 0 Å². The SMILES string of the molecule is CN=C(NCc1ccc(CN2CCOCC2)cc1)NCC1CN(CC(C)C)CCO1.I. The van der Waals surface area contributed by atoms with Gasteiger partial charge in [0.2, 0.25) is 0 Å². The van der Waals surface area contributed by atoms with Gasteiger partial charge in [-0.15, -0.1) is 24.0 Å². The lowest BCUT2D eigenvalue weighted by Crippen LogP contribution is -2.50. The third kappa shape index (κ3) is 9.61. The Hall–Kier alpha value is -0.940. The molecule has 1 atom stereocenters. The van der Waals surface area contributed by atoms with E-state index in [2.05, 4.69) is 63.5 Å². The number of guanidine groups is 1. The summed E-state index contributed by atoms with van der Waals surface area (Å²) >= 11 is 0. The summed E-state index contributed by atoms with van der Waals surface area (Å²) < 4.78 is 11.3. The first kappa shape index (κ1) is 26.3. The second kappa shape index (κ2) is 14.3. The van der Waals surface area contributed by atoms with Crippen molar-refractivity contribution in [3.8, 4) is 0 Å². The minimum atomic E-state index is 0. The van der Waals surface area contributed by atoms with E-state index in [1.54, 1.807) is 0 Å². The number of aliphatic imine (C=N–C) groups is 1. The molecule has 2 N–H and O–H groups in total. The van der Waals surface area contributed by atoms with Crippen LogP contribution in [0.5, 0.6) is 0 Å². The molecule has 0 aliphatic carbocycles. The predicted octanol–water partition coefficient (Wildman–Crippen LogP) is 2.16. The average Bonchev–Trinajstić information content (AvgIpc) is 2.75. The fraction of sp³-hybridized carbons (Fsp3) is 0.696. The zero-order chi connectivity index (χ0) is 21.2. The van der Waals surface area contributed by atoms with Crippen molar-refractivity contribution < 1.29 is 9.47 Å². The van der Waals surface area contributed by atoms with Crippen molar-refractivity contribution in [3.63, 3.8) is 0 Å². The van der Waals surface area contributed by atoms with Gasteiger partial charge in [-0.1, -0.05) is 38.1 Å². The Bertz CT molecular complexity index is 650. The highest BCUT2D eigenvalue weighted by Crippen LogP contribution is 2.10. The maximum atomic E-state index is 5.92. The summed E-state index contributed by atoms with van der Waals surface area (Å²) in [5.41, 5.74) is 2.60. The molecule has 176 valence electrons. The average molecular weight is 546 g/mol. The quantitative estimate of drug-likeness (QED) is 0.297. The molecule has 3 rings (SSSR count). The normalized spacial score (nSPS) is 21.0. The Kier molecular flexibility index (Phi) is 12.1. The molecule has 8 heteroatoms. The van der Waals surface area contributed by atoms with Gasteiger partial charge in [0.25, 0.3) is 0 Å². The Balaban J connectivity index is 0.00000341. The van der Waals surface area contributed by atoms with E-state index in [0.29, 0.717) is 5.92 Å². The van der Waals surface area contributed by atoms with E-state index in [1.807, 2.05) is 7.05 Å². The van der Waals surface area contributed by atoms with Crippen LogP contribution < -0.4 is 10.6 Å². The van der Waals surface area contributed by atoms with Gasteiger partial charge in [-0.05, 0) is 17.0 Å². The summed E-state index contributed by atoms with van der Waals surface area (Å²) in [4.78, 5) is 9.29. The smallest absolute Gasteiger partial charge is 0.191 e. The highest BCUT2D eigenvalue weighted by atomic mass is 127. The molecule has 2 aliphatic heterocycles. The number of nitrogens with one attached hydrogen (secondary N) is 2. The van der Waals surface area contributed by atoms with Gasteiger partial charge in [-0.2, -0.15) is 0 Å². The van der Waals surface area contributed by atoms with Gasteiger partial charge in [-0.25, -0.2) is 0 Å². The molecule has 7 nitrogen and oxygen atoms in total. The molecule has 1 aromatic carbocycles. The maximum Gasteiger partial charge on any atom is 0.191 e. The van der Waals surface area contributed by atoms with E-state index < -0.39 is 0 Å². The molecule has 0 aromatic heterocycles. The van der Waals surface area contributed by atoms with Crippen LogP contribution in [0.3, 0.4) is 0 Å². The Labute approximate surface area is 205 Å². The third-order valence-corrected chi connectivity index (χ3v) is 5.56. The van der Waals surface area contributed by atoms with Gasteiger partial charge in [-0.3, -0.25) is 14.8 Å². The summed E-state index contributed by atoms with van der Waals surface area (Å²) in [6, 6.07) is 8.85. The molecular formula is C23H40IN5O2. The minimum Gasteiger partial charge on any atom is -0.379 e. The molecule has 2 saturated heterocycles. The molecule has 31 heavy (non-hydrogen) atoms. The molecule has 0 amide bonds. The predicted molar refractivity (Wildman–Crippen MR) is 137 cm³/mol. The number of hydrogen-bond acceptors (Lipinski definition) is 5. The zero-order valence-corrected chi connectivity index (χ0v) is 21.6. The number of nitrogens with zero attached hydrogens (tertiary/aromatic N) is 3. The maximum absolute atomic E-state index is 5.92. The van der Waals surface area contributed by atoms with Crippen LogP contribution in [0, 0.1) is 5.92 Å². The van der Waals surface area contributed by atoms with Crippen molar-refractivity contribution >= 4 is 29.9 Å². The number of benzene rings is 1. The minimum absolute atomic E-state index is 0. The first-order valence-corrected chi connectivity index (χ1v) is 11.3. The van der Waals surface area contributed by atoms with E-state index in [0.717, 1.165) is 78.1 Å². The van der Waals surface area contributed by atoms with Crippen LogP contribution in [0.2, 0.25) is 0 Å². The second-order valence-corrected chi connectivity index (χ2v) is 8.66. The summed E-state index contributed by atoms with van der Waals surface area (Å²) in [6.45, 7) is 14.7. The van der Waals surface area contributed by atoms with Crippen molar-refractivity contribution in [3.05, 3.63) is 35.4 Å². The lowest BCUT2D eigenvalue weighted by Gasteiger charge is -2.34. The number of morpholine rings is 2. The Morgan fingerprint density at radius 3 is 2.39 bits per heavy atom. The van der Waals surface area contributed by atoms with E-state index in [-0.39, 0.29) is 30.1 Å². The Morgan fingerprint density at radius 1 is 1.03 bits per heavy atom. The van der Waals surface area contributed by atoms with Gasteiger partial charge in [0, 0.05) is 59.4 Å². The fourth-order valence-electron chi connectivity index (χ4n) is 3.98. The van der Waals surface area contributed by atoms with Gasteiger partial charge in [0.1, 0.15) is 0 Å². The first-order chi connectivity index (χ1) is 14.6. The van der Waals surface area contributed by atoms with E-state index in [4.69, 9.17) is 9.47 Å². The Morgan fingerprint density at radius 2 is 1.71 bits per heavy atom. The van der Waals surface area contributed by atoms with Crippen molar-refractivity contribution in [1.29, 1.82) is 0 Å². The number of halogens is 1. The topological polar surface area (TPSA) is 61.4 Å². The van der Waals surface area contributed by atoms with Gasteiger partial charge < -0.3 is 20.1 Å². The van der Waals surface area contributed by atoms with Crippen molar-refractivity contribution in [2.75, 3.05) is 66.1 Å². The molecule has 2 heterocycles. The van der Waals surface area contributed by atoms with Crippen LogP contribution in [0.4, 0.5) is 0 Å². The van der Waals surface area contributed by atoms with Crippen LogP contribution in [-0.4, -0.2) is 88.0 Å². The van der Waals surface area contributed by atoms with Crippen molar-refractivity contribution in [2.24, 2.45) is 10.9 Å². The summed E-state index contributed by atoms with van der Waals surface area (Å²) in [5.74, 6) is 1.50. The summed E-state index contributed by atoms with van der Waals surface area (Å²) in [5, 5.41) is 6.83. The zero-order valence-electron chi connectivity index (χ0n) is 19.3. The summed E-state index contributed by atoms with van der Waals surface area (Å²) in [7, 11) is 1.81. The highest BCUT2D eigenvalue weighted by molar-refractivity contribution is 14.0. The second-order valence-electron chi connectivity index (χ2n) is 8.66. The molecule has 0 radical (unpaired) electrons.